The molecule has 8 heteroatoms. The molecule has 0 radical (unpaired) electrons. The number of nitrogens with one attached hydrogen (secondary N) is 1. The van der Waals surface area contributed by atoms with Gasteiger partial charge in [-0.15, -0.1) is 0 Å². The molecule has 0 spiro atoms. The van der Waals surface area contributed by atoms with E-state index in [0.29, 0.717) is 28.2 Å². The molecule has 3 N–H and O–H groups in total. The third-order valence-corrected chi connectivity index (χ3v) is 4.65. The second-order valence-electron chi connectivity index (χ2n) is 5.01. The van der Waals surface area contributed by atoms with Crippen molar-refractivity contribution in [2.75, 3.05) is 23.7 Å². The molecule has 0 amide bonds. The maximum absolute atomic E-state index is 13.7. The number of halogens is 2. The van der Waals surface area contributed by atoms with Crippen molar-refractivity contribution >= 4 is 33.2 Å². The van der Waals surface area contributed by atoms with E-state index < -0.39 is 5.82 Å². The number of nitrogen functional groups attached to an aromatic ring is 1. The van der Waals surface area contributed by atoms with Crippen LogP contribution in [0.25, 0.3) is 5.65 Å². The summed E-state index contributed by atoms with van der Waals surface area (Å²) >= 11 is 3.46. The van der Waals surface area contributed by atoms with Gasteiger partial charge in [-0.25, -0.2) is 9.37 Å². The van der Waals surface area contributed by atoms with E-state index in [1.165, 1.54) is 4.52 Å². The number of hydrogen-bond acceptors (Lipinski definition) is 5. The number of piperazine rings is 1. The second-order valence-corrected chi connectivity index (χ2v) is 5.80. The van der Waals surface area contributed by atoms with E-state index >= 15 is 0 Å². The van der Waals surface area contributed by atoms with Crippen LogP contribution in [0.1, 0.15) is 6.42 Å². The summed E-state index contributed by atoms with van der Waals surface area (Å²) in [6, 6.07) is 0.896. The number of rotatable bonds is 1. The molecule has 2 aromatic heterocycles. The highest BCUT2D eigenvalue weighted by molar-refractivity contribution is 9.10. The van der Waals surface area contributed by atoms with Gasteiger partial charge in [-0.1, -0.05) is 0 Å². The van der Waals surface area contributed by atoms with Gasteiger partial charge >= 0.3 is 0 Å². The van der Waals surface area contributed by atoms with Crippen molar-refractivity contribution < 1.29 is 4.39 Å². The lowest BCUT2D eigenvalue weighted by atomic mass is 10.2. The Hall–Kier alpha value is -1.41. The van der Waals surface area contributed by atoms with Crippen molar-refractivity contribution in [2.45, 2.75) is 18.5 Å². The molecule has 2 unspecified atom stereocenters. The first kappa shape index (κ1) is 11.4. The zero-order valence-electron chi connectivity index (χ0n) is 9.98. The first-order valence-corrected chi connectivity index (χ1v) is 6.92. The van der Waals surface area contributed by atoms with Gasteiger partial charge in [0.1, 0.15) is 16.1 Å². The van der Waals surface area contributed by atoms with E-state index in [0.717, 1.165) is 25.7 Å². The Kier molecular flexibility index (Phi) is 2.28. The lowest BCUT2D eigenvalue weighted by Crippen LogP contribution is -2.44. The zero-order chi connectivity index (χ0) is 13.1. The fourth-order valence-electron chi connectivity index (χ4n) is 2.97. The fraction of sp³-hybridized carbons (Fsp3) is 0.455. The summed E-state index contributed by atoms with van der Waals surface area (Å²) in [6.07, 6.45) is 2.23. The molecule has 2 aliphatic heterocycles. The summed E-state index contributed by atoms with van der Waals surface area (Å²) in [5.74, 6) is 0.626. The summed E-state index contributed by atoms with van der Waals surface area (Å²) < 4.78 is 15.7. The van der Waals surface area contributed by atoms with Gasteiger partial charge in [-0.3, -0.25) is 0 Å². The van der Waals surface area contributed by atoms with Crippen LogP contribution in [0, 0.1) is 5.82 Å². The van der Waals surface area contributed by atoms with Crippen LogP contribution < -0.4 is 16.0 Å². The molecule has 4 rings (SSSR count). The fourth-order valence-corrected chi connectivity index (χ4v) is 3.45. The summed E-state index contributed by atoms with van der Waals surface area (Å²) in [6.45, 7) is 1.81. The Labute approximate surface area is 116 Å². The van der Waals surface area contributed by atoms with Gasteiger partial charge < -0.3 is 16.0 Å². The predicted octanol–water partition coefficient (Wildman–Crippen LogP) is 0.764. The summed E-state index contributed by atoms with van der Waals surface area (Å²) in [7, 11) is 0. The van der Waals surface area contributed by atoms with Crippen molar-refractivity contribution in [3.8, 4) is 0 Å². The number of nitrogens with zero attached hydrogens (tertiary/aromatic N) is 4. The molecule has 19 heavy (non-hydrogen) atoms. The SMILES string of the molecule is Nc1c(Br)c(N2CC3CC2CN3)nc2c(F)cnn12. The van der Waals surface area contributed by atoms with Gasteiger partial charge in [-0.05, 0) is 22.4 Å². The van der Waals surface area contributed by atoms with Crippen LogP contribution in [0.15, 0.2) is 10.7 Å². The number of anilines is 2. The average Bonchev–Trinajstić information content (AvgIpc) is 3.09. The van der Waals surface area contributed by atoms with Crippen molar-refractivity contribution in [1.29, 1.82) is 0 Å². The summed E-state index contributed by atoms with van der Waals surface area (Å²) in [5, 5.41) is 7.31. The van der Waals surface area contributed by atoms with Gasteiger partial charge in [-0.2, -0.15) is 9.61 Å². The van der Waals surface area contributed by atoms with Gasteiger partial charge in [0.2, 0.25) is 0 Å². The molecule has 100 valence electrons. The largest absolute Gasteiger partial charge is 0.383 e. The van der Waals surface area contributed by atoms with Crippen LogP contribution in [-0.4, -0.2) is 39.8 Å². The van der Waals surface area contributed by atoms with Crippen LogP contribution in [0.5, 0.6) is 0 Å². The lowest BCUT2D eigenvalue weighted by Gasteiger charge is -2.29. The topological polar surface area (TPSA) is 71.5 Å². The highest BCUT2D eigenvalue weighted by atomic mass is 79.9. The maximum Gasteiger partial charge on any atom is 0.195 e. The second kappa shape index (κ2) is 3.80. The smallest absolute Gasteiger partial charge is 0.195 e. The molecule has 2 aromatic rings. The molecular formula is C11H12BrFN6. The highest BCUT2D eigenvalue weighted by Crippen LogP contribution is 2.36. The Bertz CT molecular complexity index is 671. The first-order valence-electron chi connectivity index (χ1n) is 6.13. The third kappa shape index (κ3) is 1.50. The van der Waals surface area contributed by atoms with Gasteiger partial charge in [0.15, 0.2) is 11.5 Å². The predicted molar refractivity (Wildman–Crippen MR) is 72.6 cm³/mol. The Morgan fingerprint density at radius 2 is 2.37 bits per heavy atom. The van der Waals surface area contributed by atoms with Crippen LogP contribution in [0.3, 0.4) is 0 Å². The lowest BCUT2D eigenvalue weighted by molar-refractivity contribution is 0.575. The molecule has 0 aliphatic carbocycles. The van der Waals surface area contributed by atoms with Crippen LogP contribution in [0.4, 0.5) is 16.0 Å². The molecule has 2 fully saturated rings. The minimum absolute atomic E-state index is 0.173. The number of fused-ring (bicyclic) bond motifs is 3. The third-order valence-electron chi connectivity index (χ3n) is 3.89. The average molecular weight is 327 g/mol. The van der Waals surface area contributed by atoms with E-state index in [9.17, 15) is 4.39 Å². The Morgan fingerprint density at radius 1 is 1.53 bits per heavy atom. The highest BCUT2D eigenvalue weighted by Gasteiger charge is 2.39. The van der Waals surface area contributed by atoms with E-state index in [1.54, 1.807) is 0 Å². The maximum atomic E-state index is 13.7. The molecule has 4 heterocycles. The van der Waals surface area contributed by atoms with Gasteiger partial charge in [0, 0.05) is 25.2 Å². The molecule has 2 bridgehead atoms. The normalized spacial score (nSPS) is 25.7. The van der Waals surface area contributed by atoms with Crippen LogP contribution in [0.2, 0.25) is 0 Å². The van der Waals surface area contributed by atoms with Crippen molar-refractivity contribution in [1.82, 2.24) is 19.9 Å². The Balaban J connectivity index is 1.89. The van der Waals surface area contributed by atoms with Crippen molar-refractivity contribution in [2.24, 2.45) is 0 Å². The number of aromatic nitrogens is 3. The summed E-state index contributed by atoms with van der Waals surface area (Å²) in [4.78, 5) is 6.58. The molecule has 6 nitrogen and oxygen atoms in total. The molecule has 0 saturated carbocycles. The Morgan fingerprint density at radius 3 is 3.05 bits per heavy atom. The van der Waals surface area contributed by atoms with Gasteiger partial charge in [0.05, 0.1) is 6.20 Å². The standard InChI is InChI=1S/C11H12BrFN6/c12-8-9(14)19-10(7(13)3-16-19)17-11(8)18-4-5-1-6(18)2-15-5/h3,5-6,15H,1-2,4,14H2. The number of nitrogens with two attached hydrogens (primary N) is 1. The van der Waals surface area contributed by atoms with Crippen LogP contribution in [-0.2, 0) is 0 Å². The molecule has 2 atom stereocenters. The van der Waals surface area contributed by atoms with E-state index in [-0.39, 0.29) is 5.65 Å². The number of hydrogen-bond donors (Lipinski definition) is 2. The molecular weight excluding hydrogens is 315 g/mol. The molecule has 0 aromatic carbocycles. The van der Waals surface area contributed by atoms with Crippen molar-refractivity contribution in [3.05, 3.63) is 16.5 Å². The van der Waals surface area contributed by atoms with Gasteiger partial charge in [0.25, 0.3) is 0 Å². The van der Waals surface area contributed by atoms with E-state index in [2.05, 4.69) is 36.2 Å². The van der Waals surface area contributed by atoms with E-state index in [4.69, 9.17) is 5.73 Å². The first-order chi connectivity index (χ1) is 9.15. The zero-order valence-corrected chi connectivity index (χ0v) is 11.6. The summed E-state index contributed by atoms with van der Waals surface area (Å²) in [5.41, 5.74) is 6.18. The molecule has 2 saturated heterocycles. The van der Waals surface area contributed by atoms with E-state index in [1.807, 2.05) is 0 Å². The van der Waals surface area contributed by atoms with Crippen molar-refractivity contribution in [3.63, 3.8) is 0 Å². The minimum Gasteiger partial charge on any atom is -0.383 e. The quantitative estimate of drug-likeness (QED) is 0.809. The monoisotopic (exact) mass is 326 g/mol. The molecule has 2 aliphatic rings. The minimum atomic E-state index is -0.456. The van der Waals surface area contributed by atoms with Crippen LogP contribution >= 0.6 is 15.9 Å².